The first kappa shape index (κ1) is 15.1. The molecule has 2 fully saturated rings. The van der Waals surface area contributed by atoms with Crippen molar-refractivity contribution in [2.75, 3.05) is 13.1 Å². The number of nitrogens with one attached hydrogen (secondary N) is 1. The molecule has 0 bridgehead atoms. The highest BCUT2D eigenvalue weighted by Crippen LogP contribution is 2.30. The molecule has 1 aliphatic heterocycles. The summed E-state index contributed by atoms with van der Waals surface area (Å²) < 4.78 is 0. The largest absolute Gasteiger partial charge is 0.352 e. The molecule has 1 saturated heterocycles. The van der Waals surface area contributed by atoms with E-state index < -0.39 is 0 Å². The molecule has 1 aromatic carbocycles. The van der Waals surface area contributed by atoms with E-state index in [-0.39, 0.29) is 17.7 Å². The molecule has 118 valence electrons. The van der Waals surface area contributed by atoms with E-state index in [0.29, 0.717) is 12.5 Å². The Morgan fingerprint density at radius 2 is 1.68 bits per heavy atom. The molecule has 1 N–H and O–H groups in total. The molecule has 0 unspecified atom stereocenters. The van der Waals surface area contributed by atoms with Crippen molar-refractivity contribution in [3.8, 4) is 0 Å². The summed E-state index contributed by atoms with van der Waals surface area (Å²) in [6.45, 7) is 2.05. The van der Waals surface area contributed by atoms with Crippen LogP contribution in [0.25, 0.3) is 0 Å². The molecule has 0 atom stereocenters. The molecule has 22 heavy (non-hydrogen) atoms. The Morgan fingerprint density at radius 1 is 1.00 bits per heavy atom. The molecule has 4 nitrogen and oxygen atoms in total. The Morgan fingerprint density at radius 3 is 2.27 bits per heavy atom. The van der Waals surface area contributed by atoms with Crippen molar-refractivity contribution >= 4 is 11.8 Å². The molecule has 2 aliphatic rings. The van der Waals surface area contributed by atoms with E-state index >= 15 is 0 Å². The predicted octanol–water partition coefficient (Wildman–Crippen LogP) is 2.34. The summed E-state index contributed by atoms with van der Waals surface area (Å²) in [5.74, 6) is 0.756. The van der Waals surface area contributed by atoms with E-state index in [1.807, 2.05) is 35.2 Å². The maximum Gasteiger partial charge on any atom is 0.225 e. The minimum atomic E-state index is 0.0501. The summed E-state index contributed by atoms with van der Waals surface area (Å²) in [5.41, 5.74) is 1.12. The van der Waals surface area contributed by atoms with E-state index in [4.69, 9.17) is 0 Å². The summed E-state index contributed by atoms with van der Waals surface area (Å²) in [4.78, 5) is 26.4. The van der Waals surface area contributed by atoms with Crippen LogP contribution >= 0.6 is 0 Å². The highest BCUT2D eigenvalue weighted by atomic mass is 16.2. The van der Waals surface area contributed by atoms with Crippen molar-refractivity contribution in [3.05, 3.63) is 35.9 Å². The van der Waals surface area contributed by atoms with Crippen molar-refractivity contribution in [3.63, 3.8) is 0 Å². The minimum Gasteiger partial charge on any atom is -0.352 e. The fourth-order valence-corrected chi connectivity index (χ4v) is 3.20. The first-order chi connectivity index (χ1) is 10.7. The smallest absolute Gasteiger partial charge is 0.225 e. The Bertz CT molecular complexity index is 517. The number of amides is 2. The number of carbonyl (C=O) groups is 2. The van der Waals surface area contributed by atoms with Gasteiger partial charge in [-0.2, -0.15) is 0 Å². The van der Waals surface area contributed by atoms with Crippen LogP contribution in [0.15, 0.2) is 30.3 Å². The normalized spacial score (nSPS) is 19.5. The second-order valence-electron chi connectivity index (χ2n) is 6.43. The third-order valence-electron chi connectivity index (χ3n) is 4.94. The molecule has 3 rings (SSSR count). The van der Waals surface area contributed by atoms with Gasteiger partial charge in [-0.25, -0.2) is 0 Å². The Balaban J connectivity index is 1.42. The van der Waals surface area contributed by atoms with Gasteiger partial charge in [0.25, 0.3) is 0 Å². The van der Waals surface area contributed by atoms with Gasteiger partial charge in [-0.1, -0.05) is 36.8 Å². The zero-order valence-electron chi connectivity index (χ0n) is 13.0. The second kappa shape index (κ2) is 6.95. The number of piperidine rings is 1. The van der Waals surface area contributed by atoms with E-state index in [1.54, 1.807) is 0 Å². The van der Waals surface area contributed by atoms with Gasteiger partial charge >= 0.3 is 0 Å². The van der Waals surface area contributed by atoms with Crippen molar-refractivity contribution < 1.29 is 9.59 Å². The number of nitrogens with zero attached hydrogens (tertiary/aromatic N) is 1. The molecule has 1 aliphatic carbocycles. The molecular weight excluding hydrogens is 276 g/mol. The van der Waals surface area contributed by atoms with Crippen LogP contribution < -0.4 is 5.32 Å². The zero-order chi connectivity index (χ0) is 15.4. The van der Waals surface area contributed by atoms with Crippen molar-refractivity contribution in [2.24, 2.45) is 11.8 Å². The third-order valence-corrected chi connectivity index (χ3v) is 4.94. The van der Waals surface area contributed by atoms with Gasteiger partial charge in [0.1, 0.15) is 0 Å². The van der Waals surface area contributed by atoms with Gasteiger partial charge in [0.05, 0.1) is 0 Å². The molecule has 1 aromatic rings. The summed E-state index contributed by atoms with van der Waals surface area (Å²) >= 11 is 0. The second-order valence-corrected chi connectivity index (χ2v) is 6.43. The number of hydrogen-bond donors (Lipinski definition) is 1. The van der Waals surface area contributed by atoms with E-state index in [0.717, 1.165) is 44.3 Å². The summed E-state index contributed by atoms with van der Waals surface area (Å²) in [6, 6.07) is 9.96. The summed E-state index contributed by atoms with van der Waals surface area (Å²) in [6.07, 6.45) is 4.87. The molecule has 0 aromatic heterocycles. The highest BCUT2D eigenvalue weighted by molar-refractivity contribution is 5.81. The number of rotatable bonds is 4. The quantitative estimate of drug-likeness (QED) is 0.928. The molecule has 1 saturated carbocycles. The average Bonchev–Trinajstić information content (AvgIpc) is 2.52. The van der Waals surface area contributed by atoms with Gasteiger partial charge in [-0.05, 0) is 31.2 Å². The van der Waals surface area contributed by atoms with Crippen LogP contribution in [0.2, 0.25) is 0 Å². The standard InChI is InChI=1S/C18H24N2O2/c21-17(19-13-14-5-2-1-3-6-14)15-9-11-20(12-10-15)18(22)16-7-4-8-16/h1-3,5-6,15-16H,4,7-13H2,(H,19,21). The van der Waals surface area contributed by atoms with Crippen LogP contribution in [0.3, 0.4) is 0 Å². The molecule has 0 radical (unpaired) electrons. The predicted molar refractivity (Wildman–Crippen MR) is 84.9 cm³/mol. The van der Waals surface area contributed by atoms with Crippen LogP contribution in [-0.2, 0) is 16.1 Å². The van der Waals surface area contributed by atoms with Crippen molar-refractivity contribution in [2.45, 2.75) is 38.6 Å². The molecule has 1 heterocycles. The Labute approximate surface area is 131 Å². The zero-order valence-corrected chi connectivity index (χ0v) is 13.0. The Kier molecular flexibility index (Phi) is 4.76. The third kappa shape index (κ3) is 3.49. The molecule has 0 spiro atoms. The maximum atomic E-state index is 12.2. The lowest BCUT2D eigenvalue weighted by molar-refractivity contribution is -0.141. The lowest BCUT2D eigenvalue weighted by Gasteiger charge is -2.36. The molecular formula is C18H24N2O2. The molecule has 2 amide bonds. The number of hydrogen-bond acceptors (Lipinski definition) is 2. The van der Waals surface area contributed by atoms with Crippen LogP contribution in [0.5, 0.6) is 0 Å². The summed E-state index contributed by atoms with van der Waals surface area (Å²) in [5, 5.41) is 3.02. The number of likely N-dealkylation sites (tertiary alicyclic amines) is 1. The topological polar surface area (TPSA) is 49.4 Å². The lowest BCUT2D eigenvalue weighted by atomic mass is 9.83. The fourth-order valence-electron chi connectivity index (χ4n) is 3.20. The van der Waals surface area contributed by atoms with E-state index in [2.05, 4.69) is 5.32 Å². The van der Waals surface area contributed by atoms with Crippen LogP contribution in [0.1, 0.15) is 37.7 Å². The first-order valence-corrected chi connectivity index (χ1v) is 8.34. The van der Waals surface area contributed by atoms with Crippen LogP contribution in [0, 0.1) is 11.8 Å². The van der Waals surface area contributed by atoms with Crippen molar-refractivity contribution in [1.29, 1.82) is 0 Å². The number of carbonyl (C=O) groups excluding carboxylic acids is 2. The van der Waals surface area contributed by atoms with Gasteiger partial charge in [0.2, 0.25) is 11.8 Å². The fraction of sp³-hybridized carbons (Fsp3) is 0.556. The minimum absolute atomic E-state index is 0.0501. The monoisotopic (exact) mass is 300 g/mol. The van der Waals surface area contributed by atoms with Gasteiger partial charge in [-0.15, -0.1) is 0 Å². The SMILES string of the molecule is O=C(NCc1ccccc1)C1CCN(C(=O)C2CCC2)CC1. The molecule has 4 heteroatoms. The average molecular weight is 300 g/mol. The van der Waals surface area contributed by atoms with Gasteiger partial charge in [0.15, 0.2) is 0 Å². The number of benzene rings is 1. The maximum absolute atomic E-state index is 12.2. The van der Waals surface area contributed by atoms with Gasteiger partial charge < -0.3 is 10.2 Å². The lowest BCUT2D eigenvalue weighted by Crippen LogP contribution is -2.46. The highest BCUT2D eigenvalue weighted by Gasteiger charge is 2.33. The van der Waals surface area contributed by atoms with Crippen molar-refractivity contribution in [1.82, 2.24) is 10.2 Å². The van der Waals surface area contributed by atoms with E-state index in [1.165, 1.54) is 6.42 Å². The first-order valence-electron chi connectivity index (χ1n) is 8.34. The van der Waals surface area contributed by atoms with Crippen LogP contribution in [0.4, 0.5) is 0 Å². The Hall–Kier alpha value is -1.84. The van der Waals surface area contributed by atoms with E-state index in [9.17, 15) is 9.59 Å². The van der Waals surface area contributed by atoms with Gasteiger partial charge in [0, 0.05) is 31.5 Å². The van der Waals surface area contributed by atoms with Crippen LogP contribution in [-0.4, -0.2) is 29.8 Å². The summed E-state index contributed by atoms with van der Waals surface area (Å²) in [7, 11) is 0. The van der Waals surface area contributed by atoms with Gasteiger partial charge in [-0.3, -0.25) is 9.59 Å².